The van der Waals surface area contributed by atoms with E-state index in [2.05, 4.69) is 29.5 Å². The number of amides is 1. The minimum atomic E-state index is 0.00819. The zero-order chi connectivity index (χ0) is 14.5. The van der Waals surface area contributed by atoms with Crippen LogP contribution in [0.3, 0.4) is 0 Å². The van der Waals surface area contributed by atoms with Crippen molar-refractivity contribution in [2.75, 3.05) is 17.2 Å². The molecule has 20 heavy (non-hydrogen) atoms. The van der Waals surface area contributed by atoms with Gasteiger partial charge in [-0.25, -0.2) is 0 Å². The van der Waals surface area contributed by atoms with Crippen molar-refractivity contribution in [2.24, 2.45) is 0 Å². The molecule has 104 valence electrons. The number of benzene rings is 2. The number of anilines is 2. The molecule has 3 nitrogen and oxygen atoms in total. The lowest BCUT2D eigenvalue weighted by molar-refractivity contribution is 0.0987. The van der Waals surface area contributed by atoms with Crippen LogP contribution in [0.1, 0.15) is 23.7 Å². The fraction of sp³-hybridized carbons (Fsp3) is 0.188. The van der Waals surface area contributed by atoms with Crippen LogP contribution >= 0.6 is 22.6 Å². The maximum Gasteiger partial charge on any atom is 0.258 e. The summed E-state index contributed by atoms with van der Waals surface area (Å²) >= 11 is 2.23. The van der Waals surface area contributed by atoms with E-state index in [-0.39, 0.29) is 5.91 Å². The van der Waals surface area contributed by atoms with Crippen LogP contribution in [-0.4, -0.2) is 12.5 Å². The molecule has 0 unspecified atom stereocenters. The Hall–Kier alpha value is -1.56. The Kier molecular flexibility index (Phi) is 5.00. The summed E-state index contributed by atoms with van der Waals surface area (Å²) in [6.45, 7) is 2.73. The van der Waals surface area contributed by atoms with Crippen molar-refractivity contribution in [2.45, 2.75) is 13.3 Å². The summed E-state index contributed by atoms with van der Waals surface area (Å²) in [6.07, 6.45) is 0.894. The maximum atomic E-state index is 12.6. The summed E-state index contributed by atoms with van der Waals surface area (Å²) in [4.78, 5) is 14.4. The van der Waals surface area contributed by atoms with E-state index in [4.69, 9.17) is 5.73 Å². The highest BCUT2D eigenvalue weighted by Gasteiger charge is 2.16. The summed E-state index contributed by atoms with van der Waals surface area (Å²) < 4.78 is 1.12. The minimum absolute atomic E-state index is 0.00819. The third-order valence-electron chi connectivity index (χ3n) is 2.97. The van der Waals surface area contributed by atoms with E-state index in [0.29, 0.717) is 17.8 Å². The van der Waals surface area contributed by atoms with Gasteiger partial charge < -0.3 is 10.6 Å². The standard InChI is InChI=1S/C16H17IN2O/c1-2-10-19(15-5-3-4-14(18)11-15)16(20)12-6-8-13(17)9-7-12/h3-9,11H,2,10,18H2,1H3. The first-order valence-corrected chi connectivity index (χ1v) is 7.62. The van der Waals surface area contributed by atoms with Crippen molar-refractivity contribution >= 4 is 39.9 Å². The molecule has 0 atom stereocenters. The second-order valence-electron chi connectivity index (χ2n) is 4.56. The number of hydrogen-bond donors (Lipinski definition) is 1. The van der Waals surface area contributed by atoms with Crippen molar-refractivity contribution in [3.8, 4) is 0 Å². The van der Waals surface area contributed by atoms with Gasteiger partial charge in [0, 0.05) is 27.1 Å². The fourth-order valence-corrected chi connectivity index (χ4v) is 2.37. The lowest BCUT2D eigenvalue weighted by Gasteiger charge is -2.22. The summed E-state index contributed by atoms with van der Waals surface area (Å²) in [7, 11) is 0. The molecule has 0 saturated heterocycles. The Bertz CT molecular complexity index is 596. The average molecular weight is 380 g/mol. The molecule has 0 fully saturated rings. The SMILES string of the molecule is CCCN(C(=O)c1ccc(I)cc1)c1cccc(N)c1. The number of nitrogens with zero attached hydrogens (tertiary/aromatic N) is 1. The molecule has 2 aromatic rings. The number of nitrogen functional groups attached to an aromatic ring is 1. The molecule has 0 aliphatic carbocycles. The molecular weight excluding hydrogens is 363 g/mol. The van der Waals surface area contributed by atoms with Gasteiger partial charge in [0.25, 0.3) is 5.91 Å². The van der Waals surface area contributed by atoms with Crippen molar-refractivity contribution in [1.29, 1.82) is 0 Å². The summed E-state index contributed by atoms with van der Waals surface area (Å²) in [6, 6.07) is 15.0. The van der Waals surface area contributed by atoms with Gasteiger partial charge in [-0.2, -0.15) is 0 Å². The van der Waals surface area contributed by atoms with Gasteiger partial charge in [0.1, 0.15) is 0 Å². The Balaban J connectivity index is 2.33. The highest BCUT2D eigenvalue weighted by Crippen LogP contribution is 2.20. The lowest BCUT2D eigenvalue weighted by Crippen LogP contribution is -2.31. The van der Waals surface area contributed by atoms with Gasteiger partial charge in [-0.3, -0.25) is 4.79 Å². The van der Waals surface area contributed by atoms with Crippen molar-refractivity contribution < 1.29 is 4.79 Å². The highest BCUT2D eigenvalue weighted by atomic mass is 127. The number of rotatable bonds is 4. The van der Waals surface area contributed by atoms with Crippen molar-refractivity contribution in [3.63, 3.8) is 0 Å². The molecule has 0 spiro atoms. The van der Waals surface area contributed by atoms with Gasteiger partial charge in [-0.15, -0.1) is 0 Å². The molecule has 0 aliphatic heterocycles. The topological polar surface area (TPSA) is 46.3 Å². The Morgan fingerprint density at radius 2 is 1.90 bits per heavy atom. The van der Waals surface area contributed by atoms with E-state index >= 15 is 0 Å². The largest absolute Gasteiger partial charge is 0.399 e. The molecule has 0 aromatic heterocycles. The highest BCUT2D eigenvalue weighted by molar-refractivity contribution is 14.1. The molecule has 1 amide bonds. The van der Waals surface area contributed by atoms with Crippen LogP contribution in [0, 0.1) is 3.57 Å². The van der Waals surface area contributed by atoms with Crippen LogP contribution in [0.2, 0.25) is 0 Å². The molecule has 0 saturated carbocycles. The summed E-state index contributed by atoms with van der Waals surface area (Å²) in [5.74, 6) is 0.00819. The first-order valence-electron chi connectivity index (χ1n) is 6.55. The molecule has 0 bridgehead atoms. The zero-order valence-electron chi connectivity index (χ0n) is 11.3. The molecule has 0 radical (unpaired) electrons. The zero-order valence-corrected chi connectivity index (χ0v) is 13.5. The van der Waals surface area contributed by atoms with Crippen LogP contribution in [0.15, 0.2) is 48.5 Å². The average Bonchev–Trinajstić information content (AvgIpc) is 2.45. The van der Waals surface area contributed by atoms with Crippen molar-refractivity contribution in [3.05, 3.63) is 57.7 Å². The van der Waals surface area contributed by atoms with Crippen LogP contribution in [0.4, 0.5) is 11.4 Å². The van der Waals surface area contributed by atoms with E-state index in [0.717, 1.165) is 15.7 Å². The number of carbonyl (C=O) groups is 1. The Morgan fingerprint density at radius 3 is 2.50 bits per heavy atom. The van der Waals surface area contributed by atoms with Gasteiger partial charge in [-0.05, 0) is 71.5 Å². The van der Waals surface area contributed by atoms with E-state index in [1.165, 1.54) is 0 Å². The van der Waals surface area contributed by atoms with Crippen molar-refractivity contribution in [1.82, 2.24) is 0 Å². The molecule has 2 N–H and O–H groups in total. The molecule has 4 heteroatoms. The van der Waals surface area contributed by atoms with Crippen LogP contribution in [0.25, 0.3) is 0 Å². The van der Waals surface area contributed by atoms with Gasteiger partial charge in [0.15, 0.2) is 0 Å². The number of carbonyl (C=O) groups excluding carboxylic acids is 1. The van der Waals surface area contributed by atoms with E-state index in [1.54, 1.807) is 4.90 Å². The molecular formula is C16H17IN2O. The first-order chi connectivity index (χ1) is 9.61. The molecule has 0 heterocycles. The lowest BCUT2D eigenvalue weighted by atomic mass is 10.1. The summed E-state index contributed by atoms with van der Waals surface area (Å²) in [5, 5.41) is 0. The van der Waals surface area contributed by atoms with Gasteiger partial charge in [0.2, 0.25) is 0 Å². The normalized spacial score (nSPS) is 10.3. The summed E-state index contributed by atoms with van der Waals surface area (Å²) in [5.41, 5.74) is 8.02. The Morgan fingerprint density at radius 1 is 1.20 bits per heavy atom. The minimum Gasteiger partial charge on any atom is -0.399 e. The number of hydrogen-bond acceptors (Lipinski definition) is 2. The third-order valence-corrected chi connectivity index (χ3v) is 3.68. The second kappa shape index (κ2) is 6.74. The first kappa shape index (κ1) is 14.8. The van der Waals surface area contributed by atoms with Gasteiger partial charge in [0.05, 0.1) is 0 Å². The predicted molar refractivity (Wildman–Crippen MR) is 92.0 cm³/mol. The fourth-order valence-electron chi connectivity index (χ4n) is 2.01. The predicted octanol–water partition coefficient (Wildman–Crippen LogP) is 3.93. The van der Waals surface area contributed by atoms with Crippen LogP contribution in [0.5, 0.6) is 0 Å². The maximum absolute atomic E-state index is 12.6. The van der Waals surface area contributed by atoms with Crippen LogP contribution in [-0.2, 0) is 0 Å². The van der Waals surface area contributed by atoms with E-state index < -0.39 is 0 Å². The Labute approximate surface area is 132 Å². The number of halogens is 1. The van der Waals surface area contributed by atoms with E-state index in [9.17, 15) is 4.79 Å². The quantitative estimate of drug-likeness (QED) is 0.646. The molecule has 2 aromatic carbocycles. The molecule has 2 rings (SSSR count). The second-order valence-corrected chi connectivity index (χ2v) is 5.80. The monoisotopic (exact) mass is 380 g/mol. The van der Waals surface area contributed by atoms with Crippen LogP contribution < -0.4 is 10.6 Å². The van der Waals surface area contributed by atoms with Gasteiger partial charge >= 0.3 is 0 Å². The van der Waals surface area contributed by atoms with E-state index in [1.807, 2.05) is 48.5 Å². The molecule has 0 aliphatic rings. The number of nitrogens with two attached hydrogens (primary N) is 1. The smallest absolute Gasteiger partial charge is 0.258 e. The van der Waals surface area contributed by atoms with Gasteiger partial charge in [-0.1, -0.05) is 13.0 Å². The third kappa shape index (κ3) is 3.50.